The van der Waals surface area contributed by atoms with Crippen LogP contribution in [-0.2, 0) is 0 Å². The highest BCUT2D eigenvalue weighted by molar-refractivity contribution is 7.99. The van der Waals surface area contributed by atoms with Gasteiger partial charge in [0.1, 0.15) is 0 Å². The van der Waals surface area contributed by atoms with Gasteiger partial charge < -0.3 is 10.6 Å². The molecular formula is C15H26N2S. The number of hydrogen-bond donors (Lipinski definition) is 1. The number of nitrogens with two attached hydrogens (primary N) is 1. The minimum Gasteiger partial charge on any atom is -0.370 e. The number of nitrogens with zero attached hydrogens (tertiary/aromatic N) is 1. The summed E-state index contributed by atoms with van der Waals surface area (Å²) < 4.78 is 0. The van der Waals surface area contributed by atoms with Crippen molar-refractivity contribution in [3.8, 4) is 0 Å². The second-order valence-corrected chi connectivity index (χ2v) is 6.97. The summed E-state index contributed by atoms with van der Waals surface area (Å²) >= 11 is 1.90. The average molecular weight is 266 g/mol. The number of rotatable bonds is 6. The molecule has 0 radical (unpaired) electrons. The van der Waals surface area contributed by atoms with E-state index in [-0.39, 0.29) is 0 Å². The fourth-order valence-corrected chi connectivity index (χ4v) is 2.94. The van der Waals surface area contributed by atoms with Gasteiger partial charge in [-0.15, -0.1) is 11.8 Å². The zero-order valence-electron chi connectivity index (χ0n) is 12.2. The molecule has 2 N–H and O–H groups in total. The summed E-state index contributed by atoms with van der Waals surface area (Å²) in [6, 6.07) is 9.17. The van der Waals surface area contributed by atoms with Gasteiger partial charge >= 0.3 is 0 Å². The third kappa shape index (κ3) is 4.21. The highest BCUT2D eigenvalue weighted by atomic mass is 32.2. The minimum atomic E-state index is 0.397. The molecule has 1 rings (SSSR count). The van der Waals surface area contributed by atoms with Gasteiger partial charge in [0.15, 0.2) is 0 Å². The molecule has 0 aliphatic heterocycles. The van der Waals surface area contributed by atoms with Gasteiger partial charge in [0.25, 0.3) is 0 Å². The van der Waals surface area contributed by atoms with Crippen LogP contribution >= 0.6 is 11.8 Å². The largest absolute Gasteiger partial charge is 0.370 e. The molecule has 3 heteroatoms. The Morgan fingerprint density at radius 2 is 1.67 bits per heavy atom. The highest BCUT2D eigenvalue weighted by Crippen LogP contribution is 2.26. The Hall–Kier alpha value is -0.670. The third-order valence-corrected chi connectivity index (χ3v) is 4.14. The maximum absolute atomic E-state index is 5.86. The van der Waals surface area contributed by atoms with E-state index >= 15 is 0 Å². The van der Waals surface area contributed by atoms with Crippen molar-refractivity contribution in [2.75, 3.05) is 18.5 Å². The Labute approximate surface area is 116 Å². The van der Waals surface area contributed by atoms with Gasteiger partial charge in [0.05, 0.1) is 0 Å². The van der Waals surface area contributed by atoms with Crippen LogP contribution < -0.4 is 10.6 Å². The van der Waals surface area contributed by atoms with E-state index in [4.69, 9.17) is 5.73 Å². The predicted octanol–water partition coefficient (Wildman–Crippen LogP) is 3.61. The normalized spacial score (nSPS) is 13.1. The standard InChI is InChI=1S/C15H26N2S/c1-11(2)15(10-16)17(5)13-6-8-14(9-7-13)18-12(3)4/h6-9,11-12,15H,10,16H2,1-5H3. The average Bonchev–Trinajstić information content (AvgIpc) is 2.29. The van der Waals surface area contributed by atoms with Crippen LogP contribution in [0, 0.1) is 5.92 Å². The van der Waals surface area contributed by atoms with E-state index in [1.54, 1.807) is 0 Å². The Bertz CT molecular complexity index is 346. The number of hydrogen-bond acceptors (Lipinski definition) is 3. The van der Waals surface area contributed by atoms with E-state index in [0.717, 1.165) is 0 Å². The van der Waals surface area contributed by atoms with Crippen molar-refractivity contribution in [3.63, 3.8) is 0 Å². The van der Waals surface area contributed by atoms with Crippen LogP contribution in [0.4, 0.5) is 5.69 Å². The van der Waals surface area contributed by atoms with Gasteiger partial charge in [0.2, 0.25) is 0 Å². The van der Waals surface area contributed by atoms with Gasteiger partial charge in [-0.2, -0.15) is 0 Å². The van der Waals surface area contributed by atoms with Gasteiger partial charge in [-0.25, -0.2) is 0 Å². The van der Waals surface area contributed by atoms with Crippen molar-refractivity contribution >= 4 is 17.4 Å². The SMILES string of the molecule is CC(C)Sc1ccc(N(C)C(CN)C(C)C)cc1. The van der Waals surface area contributed by atoms with Crippen molar-refractivity contribution in [2.45, 2.75) is 43.9 Å². The van der Waals surface area contributed by atoms with Crippen LogP contribution in [0.15, 0.2) is 29.2 Å². The van der Waals surface area contributed by atoms with Crippen LogP contribution in [0.5, 0.6) is 0 Å². The van der Waals surface area contributed by atoms with Crippen LogP contribution in [0.2, 0.25) is 0 Å². The summed E-state index contributed by atoms with van der Waals surface area (Å²) in [7, 11) is 2.13. The van der Waals surface area contributed by atoms with Gasteiger partial charge in [-0.3, -0.25) is 0 Å². The molecule has 1 atom stereocenters. The third-order valence-electron chi connectivity index (χ3n) is 3.12. The lowest BCUT2D eigenvalue weighted by Gasteiger charge is -2.32. The Kier molecular flexibility index (Phi) is 6.03. The molecule has 0 spiro atoms. The molecule has 1 aromatic carbocycles. The topological polar surface area (TPSA) is 29.3 Å². The first-order chi connectivity index (χ1) is 8.45. The van der Waals surface area contributed by atoms with Crippen molar-refractivity contribution < 1.29 is 0 Å². The summed E-state index contributed by atoms with van der Waals surface area (Å²) in [5.74, 6) is 0.560. The van der Waals surface area contributed by atoms with E-state index in [1.807, 2.05) is 11.8 Å². The lowest BCUT2D eigenvalue weighted by Crippen LogP contribution is -2.41. The van der Waals surface area contributed by atoms with E-state index in [2.05, 4.69) is 63.9 Å². The number of anilines is 1. The maximum Gasteiger partial charge on any atom is 0.0431 e. The Balaban J connectivity index is 2.77. The van der Waals surface area contributed by atoms with Crippen LogP contribution in [0.1, 0.15) is 27.7 Å². The van der Waals surface area contributed by atoms with Gasteiger partial charge in [-0.05, 0) is 30.2 Å². The van der Waals surface area contributed by atoms with Crippen molar-refractivity contribution in [1.29, 1.82) is 0 Å². The molecule has 102 valence electrons. The first-order valence-corrected chi connectivity index (χ1v) is 7.53. The minimum absolute atomic E-state index is 0.397. The fourth-order valence-electron chi connectivity index (χ4n) is 2.10. The quantitative estimate of drug-likeness (QED) is 0.798. The molecule has 0 bridgehead atoms. The second kappa shape index (κ2) is 7.05. The first kappa shape index (κ1) is 15.4. The van der Waals surface area contributed by atoms with Crippen molar-refractivity contribution in [3.05, 3.63) is 24.3 Å². The van der Waals surface area contributed by atoms with E-state index in [9.17, 15) is 0 Å². The van der Waals surface area contributed by atoms with Crippen LogP contribution in [0.25, 0.3) is 0 Å². The summed E-state index contributed by atoms with van der Waals surface area (Å²) in [6.07, 6.45) is 0. The highest BCUT2D eigenvalue weighted by Gasteiger charge is 2.17. The Morgan fingerprint density at radius 3 is 2.06 bits per heavy atom. The van der Waals surface area contributed by atoms with Crippen LogP contribution in [0.3, 0.4) is 0 Å². The molecule has 0 aromatic heterocycles. The van der Waals surface area contributed by atoms with Crippen molar-refractivity contribution in [2.24, 2.45) is 11.7 Å². The number of benzene rings is 1. The maximum atomic E-state index is 5.86. The summed E-state index contributed by atoms with van der Waals surface area (Å²) in [5.41, 5.74) is 7.10. The molecule has 0 amide bonds. The van der Waals surface area contributed by atoms with Gasteiger partial charge in [-0.1, -0.05) is 27.7 Å². The predicted molar refractivity (Wildman–Crippen MR) is 83.5 cm³/mol. The molecule has 1 aromatic rings. The zero-order chi connectivity index (χ0) is 13.7. The lowest BCUT2D eigenvalue weighted by molar-refractivity contribution is 0.480. The molecule has 0 saturated carbocycles. The number of likely N-dealkylation sites (N-methyl/N-ethyl adjacent to an activating group) is 1. The summed E-state index contributed by atoms with van der Waals surface area (Å²) in [6.45, 7) is 9.56. The molecule has 0 aliphatic carbocycles. The monoisotopic (exact) mass is 266 g/mol. The Morgan fingerprint density at radius 1 is 1.11 bits per heavy atom. The molecule has 0 fully saturated rings. The lowest BCUT2D eigenvalue weighted by atomic mass is 10.0. The molecule has 0 saturated heterocycles. The van der Waals surface area contributed by atoms with Crippen molar-refractivity contribution in [1.82, 2.24) is 0 Å². The molecule has 18 heavy (non-hydrogen) atoms. The first-order valence-electron chi connectivity index (χ1n) is 6.65. The van der Waals surface area contributed by atoms with Gasteiger partial charge in [0, 0.05) is 35.5 Å². The summed E-state index contributed by atoms with van der Waals surface area (Å²) in [5, 5.41) is 0.626. The van der Waals surface area contributed by atoms with E-state index in [0.29, 0.717) is 23.8 Å². The molecule has 1 unspecified atom stereocenters. The molecule has 0 heterocycles. The molecule has 2 nitrogen and oxygen atoms in total. The summed E-state index contributed by atoms with van der Waals surface area (Å²) in [4.78, 5) is 3.62. The number of thioether (sulfide) groups is 1. The zero-order valence-corrected chi connectivity index (χ0v) is 13.0. The van der Waals surface area contributed by atoms with Crippen LogP contribution in [-0.4, -0.2) is 24.9 Å². The second-order valence-electron chi connectivity index (χ2n) is 5.32. The smallest absolute Gasteiger partial charge is 0.0431 e. The molecular weight excluding hydrogens is 240 g/mol. The van der Waals surface area contributed by atoms with E-state index < -0.39 is 0 Å². The fraction of sp³-hybridized carbons (Fsp3) is 0.600. The molecule has 0 aliphatic rings. The van der Waals surface area contributed by atoms with E-state index in [1.165, 1.54) is 10.6 Å².